The number of aliphatic hydroxyl groups excluding tert-OH is 2. The number of pyridine rings is 1. The highest BCUT2D eigenvalue weighted by molar-refractivity contribution is 5.38. The molecular weight excluding hydrogens is 230 g/mol. The summed E-state index contributed by atoms with van der Waals surface area (Å²) in [6.07, 6.45) is 1.60. The zero-order chi connectivity index (χ0) is 13.0. The maximum Gasteiger partial charge on any atom is 0.136 e. The fourth-order valence-electron chi connectivity index (χ4n) is 1.61. The average molecular weight is 245 g/mol. The number of hydrogen-bond acceptors (Lipinski definition) is 4. The molecule has 0 atom stereocenters. The molecule has 0 amide bonds. The molecule has 0 saturated carbocycles. The van der Waals surface area contributed by atoms with Crippen molar-refractivity contribution in [2.24, 2.45) is 0 Å². The summed E-state index contributed by atoms with van der Waals surface area (Å²) in [6.45, 7) is 1.71. The van der Waals surface area contributed by atoms with E-state index in [0.717, 1.165) is 11.3 Å². The Morgan fingerprint density at radius 1 is 1.17 bits per heavy atom. The van der Waals surface area contributed by atoms with Crippen LogP contribution in [0.2, 0.25) is 0 Å². The van der Waals surface area contributed by atoms with Crippen molar-refractivity contribution < 1.29 is 14.9 Å². The van der Waals surface area contributed by atoms with Gasteiger partial charge < -0.3 is 14.9 Å². The summed E-state index contributed by atoms with van der Waals surface area (Å²) in [5, 5.41) is 18.3. The highest BCUT2D eigenvalue weighted by Crippen LogP contribution is 2.26. The Balaban J connectivity index is 2.29. The Morgan fingerprint density at radius 2 is 2.00 bits per heavy atom. The monoisotopic (exact) mass is 245 g/mol. The third-order valence-corrected chi connectivity index (χ3v) is 2.56. The zero-order valence-corrected chi connectivity index (χ0v) is 10.1. The average Bonchev–Trinajstić information content (AvgIpc) is 2.39. The number of hydrogen-bond donors (Lipinski definition) is 2. The topological polar surface area (TPSA) is 62.6 Å². The van der Waals surface area contributed by atoms with E-state index in [-0.39, 0.29) is 13.2 Å². The summed E-state index contributed by atoms with van der Waals surface area (Å²) in [5.74, 6) is 1.21. The van der Waals surface area contributed by atoms with Gasteiger partial charge in [0.1, 0.15) is 11.5 Å². The lowest BCUT2D eigenvalue weighted by atomic mass is 10.2. The fourth-order valence-corrected chi connectivity index (χ4v) is 1.61. The van der Waals surface area contributed by atoms with Crippen LogP contribution in [0.5, 0.6) is 11.5 Å². The van der Waals surface area contributed by atoms with Crippen LogP contribution in [-0.4, -0.2) is 15.2 Å². The van der Waals surface area contributed by atoms with Crippen molar-refractivity contribution >= 4 is 0 Å². The third kappa shape index (κ3) is 2.85. The smallest absolute Gasteiger partial charge is 0.136 e. The van der Waals surface area contributed by atoms with Crippen LogP contribution < -0.4 is 4.74 Å². The summed E-state index contributed by atoms with van der Waals surface area (Å²) >= 11 is 0. The SMILES string of the molecule is Cc1cc(Oc2cccc(CO)c2)c(CO)cn1. The lowest BCUT2D eigenvalue weighted by molar-refractivity contribution is 0.275. The molecule has 0 spiro atoms. The molecule has 0 radical (unpaired) electrons. The summed E-state index contributed by atoms with van der Waals surface area (Å²) < 4.78 is 5.71. The molecule has 94 valence electrons. The maximum absolute atomic E-state index is 9.23. The Labute approximate surface area is 106 Å². The molecule has 1 heterocycles. The number of aryl methyl sites for hydroxylation is 1. The van der Waals surface area contributed by atoms with Crippen molar-refractivity contribution in [1.29, 1.82) is 0 Å². The van der Waals surface area contributed by atoms with Crippen LogP contribution in [0.1, 0.15) is 16.8 Å². The lowest BCUT2D eigenvalue weighted by Crippen LogP contribution is -1.95. The molecule has 0 saturated heterocycles. The minimum absolute atomic E-state index is 0.0283. The molecule has 0 aliphatic rings. The molecule has 0 aliphatic heterocycles. The minimum atomic E-state index is -0.123. The van der Waals surface area contributed by atoms with Gasteiger partial charge in [-0.3, -0.25) is 4.98 Å². The van der Waals surface area contributed by atoms with E-state index in [9.17, 15) is 5.11 Å². The second kappa shape index (κ2) is 5.62. The molecule has 1 aromatic heterocycles. The Hall–Kier alpha value is -1.91. The molecule has 2 N–H and O–H groups in total. The van der Waals surface area contributed by atoms with E-state index in [1.165, 1.54) is 0 Å². The third-order valence-electron chi connectivity index (χ3n) is 2.56. The van der Waals surface area contributed by atoms with Gasteiger partial charge in [-0.2, -0.15) is 0 Å². The van der Waals surface area contributed by atoms with E-state index in [0.29, 0.717) is 17.1 Å². The first-order valence-corrected chi connectivity index (χ1v) is 5.67. The van der Waals surface area contributed by atoms with E-state index < -0.39 is 0 Å². The number of aliphatic hydroxyl groups is 2. The molecular formula is C14H15NO3. The second-order valence-electron chi connectivity index (χ2n) is 4.00. The highest BCUT2D eigenvalue weighted by atomic mass is 16.5. The van der Waals surface area contributed by atoms with Crippen LogP contribution in [0, 0.1) is 6.92 Å². The Morgan fingerprint density at radius 3 is 2.72 bits per heavy atom. The van der Waals surface area contributed by atoms with Crippen LogP contribution in [0.25, 0.3) is 0 Å². The van der Waals surface area contributed by atoms with Gasteiger partial charge in [-0.25, -0.2) is 0 Å². The predicted molar refractivity (Wildman–Crippen MR) is 67.3 cm³/mol. The van der Waals surface area contributed by atoms with Crippen molar-refractivity contribution in [3.8, 4) is 11.5 Å². The van der Waals surface area contributed by atoms with Crippen molar-refractivity contribution in [1.82, 2.24) is 4.98 Å². The van der Waals surface area contributed by atoms with Gasteiger partial charge in [-0.15, -0.1) is 0 Å². The number of ether oxygens (including phenoxy) is 1. The summed E-state index contributed by atoms with van der Waals surface area (Å²) in [7, 11) is 0. The summed E-state index contributed by atoms with van der Waals surface area (Å²) in [4.78, 5) is 4.11. The van der Waals surface area contributed by atoms with Crippen molar-refractivity contribution in [2.45, 2.75) is 20.1 Å². The lowest BCUT2D eigenvalue weighted by Gasteiger charge is -2.10. The first-order valence-electron chi connectivity index (χ1n) is 5.67. The molecule has 18 heavy (non-hydrogen) atoms. The molecule has 0 bridgehead atoms. The Bertz CT molecular complexity index is 540. The predicted octanol–water partition coefficient (Wildman–Crippen LogP) is 2.17. The first kappa shape index (κ1) is 12.5. The normalized spacial score (nSPS) is 10.4. The second-order valence-corrected chi connectivity index (χ2v) is 4.00. The fraction of sp³-hybridized carbons (Fsp3) is 0.214. The van der Waals surface area contributed by atoms with Crippen LogP contribution >= 0.6 is 0 Å². The molecule has 0 aliphatic carbocycles. The van der Waals surface area contributed by atoms with Crippen LogP contribution in [0.15, 0.2) is 36.5 Å². The van der Waals surface area contributed by atoms with Gasteiger partial charge in [-0.05, 0) is 24.6 Å². The van der Waals surface area contributed by atoms with Crippen LogP contribution in [0.4, 0.5) is 0 Å². The van der Waals surface area contributed by atoms with E-state index in [1.807, 2.05) is 19.1 Å². The number of rotatable bonds is 4. The van der Waals surface area contributed by atoms with E-state index in [2.05, 4.69) is 4.98 Å². The van der Waals surface area contributed by atoms with Gasteiger partial charge in [0.15, 0.2) is 0 Å². The number of benzene rings is 1. The molecule has 2 rings (SSSR count). The van der Waals surface area contributed by atoms with Gasteiger partial charge in [0.2, 0.25) is 0 Å². The van der Waals surface area contributed by atoms with Gasteiger partial charge in [0.05, 0.1) is 13.2 Å². The molecule has 4 nitrogen and oxygen atoms in total. The van der Waals surface area contributed by atoms with Crippen molar-refractivity contribution in [2.75, 3.05) is 0 Å². The molecule has 0 unspecified atom stereocenters. The van der Waals surface area contributed by atoms with Gasteiger partial charge >= 0.3 is 0 Å². The minimum Gasteiger partial charge on any atom is -0.457 e. The van der Waals surface area contributed by atoms with Crippen LogP contribution in [0.3, 0.4) is 0 Å². The molecule has 0 fully saturated rings. The summed E-state index contributed by atoms with van der Waals surface area (Å²) in [5.41, 5.74) is 2.24. The molecule has 1 aromatic carbocycles. The number of aromatic nitrogens is 1. The standard InChI is InChI=1S/C14H15NO3/c1-10-5-14(12(9-17)7-15-10)18-13-4-2-3-11(6-13)8-16/h2-7,16-17H,8-9H2,1H3. The highest BCUT2D eigenvalue weighted by Gasteiger charge is 2.06. The van der Waals surface area contributed by atoms with Crippen molar-refractivity contribution in [3.05, 3.63) is 53.3 Å². The largest absolute Gasteiger partial charge is 0.457 e. The van der Waals surface area contributed by atoms with E-state index in [1.54, 1.807) is 24.4 Å². The molecule has 4 heteroatoms. The van der Waals surface area contributed by atoms with E-state index >= 15 is 0 Å². The number of nitrogens with zero attached hydrogens (tertiary/aromatic N) is 1. The van der Waals surface area contributed by atoms with Crippen LogP contribution in [-0.2, 0) is 13.2 Å². The quantitative estimate of drug-likeness (QED) is 0.866. The van der Waals surface area contributed by atoms with Crippen molar-refractivity contribution in [3.63, 3.8) is 0 Å². The van der Waals surface area contributed by atoms with Gasteiger partial charge in [-0.1, -0.05) is 12.1 Å². The zero-order valence-electron chi connectivity index (χ0n) is 10.1. The van der Waals surface area contributed by atoms with Gasteiger partial charge in [0.25, 0.3) is 0 Å². The summed E-state index contributed by atoms with van der Waals surface area (Å²) in [6, 6.07) is 8.97. The Kier molecular flexibility index (Phi) is 3.92. The first-order chi connectivity index (χ1) is 8.72. The maximum atomic E-state index is 9.23. The van der Waals surface area contributed by atoms with Gasteiger partial charge in [0, 0.05) is 23.5 Å². The van der Waals surface area contributed by atoms with E-state index in [4.69, 9.17) is 9.84 Å². The molecule has 2 aromatic rings.